The maximum Gasteiger partial charge on any atom is 0.241 e. The van der Waals surface area contributed by atoms with E-state index in [-0.39, 0.29) is 11.8 Å². The summed E-state index contributed by atoms with van der Waals surface area (Å²) in [5, 5.41) is 8.32. The van der Waals surface area contributed by atoms with Crippen molar-refractivity contribution in [1.82, 2.24) is 15.1 Å². The third-order valence-corrected chi connectivity index (χ3v) is 4.10. The quantitative estimate of drug-likeness (QED) is 0.790. The number of nitrogens with one attached hydrogen (secondary N) is 1. The molecule has 3 aromatic rings. The Morgan fingerprint density at radius 2 is 2.12 bits per heavy atom. The number of hydrogen-bond donors (Lipinski definition) is 1. The van der Waals surface area contributed by atoms with Crippen LogP contribution in [0.3, 0.4) is 0 Å². The minimum absolute atomic E-state index is 0.0432. The maximum absolute atomic E-state index is 14.2. The summed E-state index contributed by atoms with van der Waals surface area (Å²) in [5.41, 5.74) is 0.686. The molecule has 130 valence electrons. The van der Waals surface area contributed by atoms with Gasteiger partial charge < -0.3 is 14.8 Å². The maximum atomic E-state index is 14.2. The Bertz CT molecular complexity index is 891. The van der Waals surface area contributed by atoms with Gasteiger partial charge in [-0.25, -0.2) is 13.5 Å². The third-order valence-electron chi connectivity index (χ3n) is 4.10. The van der Waals surface area contributed by atoms with E-state index in [1.165, 1.54) is 4.68 Å². The Kier molecular flexibility index (Phi) is 4.33. The molecule has 0 amide bonds. The van der Waals surface area contributed by atoms with Gasteiger partial charge in [0.05, 0.1) is 17.5 Å². The normalized spacial score (nSPS) is 17.8. The minimum Gasteiger partial charge on any atom is -0.473 e. The summed E-state index contributed by atoms with van der Waals surface area (Å²) >= 11 is 0. The first-order valence-electron chi connectivity index (χ1n) is 8.10. The number of fused-ring (bicyclic) bond motifs is 1. The summed E-state index contributed by atoms with van der Waals surface area (Å²) in [6.07, 6.45) is -0.0661. The molecule has 2 aromatic carbocycles. The Balaban J connectivity index is 1.70. The van der Waals surface area contributed by atoms with E-state index in [2.05, 4.69) is 10.4 Å². The van der Waals surface area contributed by atoms with E-state index in [1.807, 2.05) is 18.2 Å². The van der Waals surface area contributed by atoms with Crippen molar-refractivity contribution < 1.29 is 18.3 Å². The molecule has 1 N–H and O–H groups in total. The van der Waals surface area contributed by atoms with E-state index < -0.39 is 11.6 Å². The van der Waals surface area contributed by atoms with Gasteiger partial charge >= 0.3 is 0 Å². The first-order valence-corrected chi connectivity index (χ1v) is 8.10. The molecule has 1 aliphatic rings. The SMILES string of the molecule is Fc1ccc(F)c(-n2nc(OC[C@@H]3CNCCO3)c3ccccc32)c1. The van der Waals surface area contributed by atoms with Crippen LogP contribution in [-0.2, 0) is 4.74 Å². The predicted molar refractivity (Wildman–Crippen MR) is 89.1 cm³/mol. The van der Waals surface area contributed by atoms with Crippen LogP contribution in [0, 0.1) is 11.6 Å². The summed E-state index contributed by atoms with van der Waals surface area (Å²) in [7, 11) is 0. The highest BCUT2D eigenvalue weighted by Crippen LogP contribution is 2.28. The number of halogens is 2. The fraction of sp³-hybridized carbons (Fsp3) is 0.278. The highest BCUT2D eigenvalue weighted by atomic mass is 19.1. The van der Waals surface area contributed by atoms with Crippen LogP contribution in [0.2, 0.25) is 0 Å². The van der Waals surface area contributed by atoms with Gasteiger partial charge in [-0.05, 0) is 24.3 Å². The second-order valence-corrected chi connectivity index (χ2v) is 5.84. The van der Waals surface area contributed by atoms with E-state index in [9.17, 15) is 8.78 Å². The third kappa shape index (κ3) is 3.20. The molecule has 0 bridgehead atoms. The number of hydrogen-bond acceptors (Lipinski definition) is 4. The molecule has 1 fully saturated rings. The van der Waals surface area contributed by atoms with E-state index in [1.54, 1.807) is 6.07 Å². The zero-order chi connectivity index (χ0) is 17.2. The van der Waals surface area contributed by atoms with Gasteiger partial charge in [-0.2, -0.15) is 0 Å². The number of rotatable bonds is 4. The second-order valence-electron chi connectivity index (χ2n) is 5.84. The first-order chi connectivity index (χ1) is 12.2. The number of para-hydroxylation sites is 1. The van der Waals surface area contributed by atoms with Crippen molar-refractivity contribution in [3.05, 3.63) is 54.1 Å². The summed E-state index contributed by atoms with van der Waals surface area (Å²) in [5.74, 6) is -0.713. The lowest BCUT2D eigenvalue weighted by atomic mass is 10.2. The van der Waals surface area contributed by atoms with Crippen LogP contribution in [0.15, 0.2) is 42.5 Å². The minimum atomic E-state index is -0.555. The number of benzene rings is 2. The zero-order valence-corrected chi connectivity index (χ0v) is 13.4. The van der Waals surface area contributed by atoms with Gasteiger partial charge in [0.1, 0.15) is 30.0 Å². The van der Waals surface area contributed by atoms with Gasteiger partial charge in [0.2, 0.25) is 5.88 Å². The molecule has 7 heteroatoms. The average Bonchev–Trinajstić information content (AvgIpc) is 3.02. The molecule has 1 saturated heterocycles. The Morgan fingerprint density at radius 1 is 1.24 bits per heavy atom. The fourth-order valence-corrected chi connectivity index (χ4v) is 2.87. The van der Waals surface area contributed by atoms with E-state index >= 15 is 0 Å². The van der Waals surface area contributed by atoms with Crippen LogP contribution >= 0.6 is 0 Å². The first kappa shape index (κ1) is 16.0. The van der Waals surface area contributed by atoms with E-state index in [0.717, 1.165) is 30.1 Å². The molecule has 0 radical (unpaired) electrons. The van der Waals surface area contributed by atoms with Crippen molar-refractivity contribution in [2.75, 3.05) is 26.3 Å². The molecular formula is C18H17F2N3O2. The molecule has 0 saturated carbocycles. The molecule has 1 atom stereocenters. The summed E-state index contributed by atoms with van der Waals surface area (Å²) in [6.45, 7) is 2.50. The van der Waals surface area contributed by atoms with Crippen molar-refractivity contribution in [2.24, 2.45) is 0 Å². The van der Waals surface area contributed by atoms with Crippen molar-refractivity contribution >= 4 is 10.9 Å². The van der Waals surface area contributed by atoms with E-state index in [0.29, 0.717) is 31.2 Å². The molecule has 2 heterocycles. The molecule has 0 unspecified atom stereocenters. The Hall–Kier alpha value is -2.51. The average molecular weight is 345 g/mol. The van der Waals surface area contributed by atoms with Crippen LogP contribution in [0.25, 0.3) is 16.6 Å². The second kappa shape index (κ2) is 6.78. The lowest BCUT2D eigenvalue weighted by molar-refractivity contribution is -0.000507. The summed E-state index contributed by atoms with van der Waals surface area (Å²) in [4.78, 5) is 0. The number of ether oxygens (including phenoxy) is 2. The smallest absolute Gasteiger partial charge is 0.241 e. The number of nitrogens with zero attached hydrogens (tertiary/aromatic N) is 2. The number of morpholine rings is 1. The highest BCUT2D eigenvalue weighted by molar-refractivity contribution is 5.86. The summed E-state index contributed by atoms with van der Waals surface area (Å²) < 4.78 is 40.5. The van der Waals surface area contributed by atoms with Crippen LogP contribution < -0.4 is 10.1 Å². The standard InChI is InChI=1S/C18H17F2N3O2/c19-12-5-6-15(20)17(9-12)23-16-4-2-1-3-14(16)18(22-23)25-11-13-10-21-7-8-24-13/h1-6,9,13,21H,7-8,10-11H2/t13-/m0/s1. The molecule has 25 heavy (non-hydrogen) atoms. The van der Waals surface area contributed by atoms with Crippen molar-refractivity contribution in [2.45, 2.75) is 6.10 Å². The van der Waals surface area contributed by atoms with Crippen molar-refractivity contribution in [3.8, 4) is 11.6 Å². The van der Waals surface area contributed by atoms with Crippen LogP contribution in [-0.4, -0.2) is 42.2 Å². The largest absolute Gasteiger partial charge is 0.473 e. The molecule has 0 spiro atoms. The fourth-order valence-electron chi connectivity index (χ4n) is 2.87. The highest BCUT2D eigenvalue weighted by Gasteiger charge is 2.19. The Morgan fingerprint density at radius 3 is 2.96 bits per heavy atom. The van der Waals surface area contributed by atoms with Gasteiger partial charge in [0.25, 0.3) is 0 Å². The molecule has 1 aliphatic heterocycles. The van der Waals surface area contributed by atoms with Crippen LogP contribution in [0.1, 0.15) is 0 Å². The van der Waals surface area contributed by atoms with Gasteiger partial charge in [-0.1, -0.05) is 12.1 Å². The predicted octanol–water partition coefficient (Wildman–Crippen LogP) is 2.67. The van der Waals surface area contributed by atoms with Gasteiger partial charge in [0.15, 0.2) is 0 Å². The monoisotopic (exact) mass is 345 g/mol. The van der Waals surface area contributed by atoms with Gasteiger partial charge in [0, 0.05) is 19.2 Å². The molecule has 1 aromatic heterocycles. The van der Waals surface area contributed by atoms with Crippen LogP contribution in [0.4, 0.5) is 8.78 Å². The van der Waals surface area contributed by atoms with Gasteiger partial charge in [-0.15, -0.1) is 5.10 Å². The molecule has 4 rings (SSSR count). The topological polar surface area (TPSA) is 48.3 Å². The van der Waals surface area contributed by atoms with Crippen molar-refractivity contribution in [1.29, 1.82) is 0 Å². The van der Waals surface area contributed by atoms with Crippen molar-refractivity contribution in [3.63, 3.8) is 0 Å². The molecule has 0 aliphatic carbocycles. The zero-order valence-electron chi connectivity index (χ0n) is 13.4. The molecule has 5 nitrogen and oxygen atoms in total. The van der Waals surface area contributed by atoms with Gasteiger partial charge in [-0.3, -0.25) is 0 Å². The van der Waals surface area contributed by atoms with E-state index in [4.69, 9.17) is 9.47 Å². The lowest BCUT2D eigenvalue weighted by Gasteiger charge is -2.23. The molecular weight excluding hydrogens is 328 g/mol. The Labute approximate surface area is 143 Å². The lowest BCUT2D eigenvalue weighted by Crippen LogP contribution is -2.41. The van der Waals surface area contributed by atoms with Crippen LogP contribution in [0.5, 0.6) is 5.88 Å². The summed E-state index contributed by atoms with van der Waals surface area (Å²) in [6, 6.07) is 10.6. The number of aromatic nitrogens is 2.